The van der Waals surface area contributed by atoms with Crippen LogP contribution in [0.1, 0.15) is 21.5 Å². The maximum Gasteiger partial charge on any atom is 0.266 e. The summed E-state index contributed by atoms with van der Waals surface area (Å²) in [6, 6.07) is 26.8. The molecule has 0 unspecified atom stereocenters. The second kappa shape index (κ2) is 8.98. The van der Waals surface area contributed by atoms with Gasteiger partial charge in [0, 0.05) is 16.9 Å². The van der Waals surface area contributed by atoms with Crippen molar-refractivity contribution in [3.05, 3.63) is 102 Å². The Morgan fingerprint density at radius 3 is 2.42 bits per heavy atom. The molecule has 0 radical (unpaired) electrons. The molecule has 0 bridgehead atoms. The third-order valence-electron chi connectivity index (χ3n) is 5.16. The maximum absolute atomic E-state index is 12.7. The van der Waals surface area contributed by atoms with Gasteiger partial charge in [-0.25, -0.2) is 0 Å². The smallest absolute Gasteiger partial charge is 0.266 e. The summed E-state index contributed by atoms with van der Waals surface area (Å²) in [4.78, 5) is 12.7. The van der Waals surface area contributed by atoms with E-state index in [4.69, 9.17) is 17.0 Å². The number of aryl methyl sites for hydroxylation is 1. The summed E-state index contributed by atoms with van der Waals surface area (Å²) >= 11 is 5.35. The minimum atomic E-state index is -0.214. The fraction of sp³-hybridized carbons (Fsp3) is 0.0769. The van der Waals surface area contributed by atoms with Crippen LogP contribution in [0.25, 0.3) is 10.8 Å². The summed E-state index contributed by atoms with van der Waals surface area (Å²) in [6.07, 6.45) is 0. The number of fused-ring (bicyclic) bond motifs is 1. The van der Waals surface area contributed by atoms with Gasteiger partial charge in [-0.05, 0) is 84.4 Å². The van der Waals surface area contributed by atoms with Crippen LogP contribution in [-0.4, -0.2) is 11.1 Å². The molecule has 4 aromatic carbocycles. The lowest BCUT2D eigenvalue weighted by Gasteiger charge is -2.13. The van der Waals surface area contributed by atoms with Gasteiger partial charge < -0.3 is 15.4 Å². The molecule has 154 valence electrons. The van der Waals surface area contributed by atoms with Crippen LogP contribution < -0.4 is 15.4 Å². The van der Waals surface area contributed by atoms with Crippen LogP contribution in [-0.2, 0) is 0 Å². The largest absolute Gasteiger partial charge is 0.432 e. The number of hydrogen-bond acceptors (Lipinski definition) is 3. The highest BCUT2D eigenvalue weighted by Gasteiger charge is 2.10. The van der Waals surface area contributed by atoms with E-state index in [1.165, 1.54) is 5.56 Å². The van der Waals surface area contributed by atoms with E-state index in [1.54, 1.807) is 24.3 Å². The fourth-order valence-corrected chi connectivity index (χ4v) is 3.51. The van der Waals surface area contributed by atoms with Gasteiger partial charge in [-0.2, -0.15) is 0 Å². The van der Waals surface area contributed by atoms with Crippen molar-refractivity contribution in [2.24, 2.45) is 0 Å². The van der Waals surface area contributed by atoms with Gasteiger partial charge in [-0.15, -0.1) is 0 Å². The number of benzene rings is 4. The van der Waals surface area contributed by atoms with Crippen molar-refractivity contribution in [2.45, 2.75) is 13.8 Å². The lowest BCUT2D eigenvalue weighted by Crippen LogP contribution is -2.18. The molecule has 0 heterocycles. The van der Waals surface area contributed by atoms with Crippen molar-refractivity contribution < 1.29 is 9.53 Å². The average molecular weight is 427 g/mol. The van der Waals surface area contributed by atoms with Crippen molar-refractivity contribution in [1.29, 1.82) is 0 Å². The molecule has 0 spiro atoms. The molecular formula is C26H22N2O2S. The summed E-state index contributed by atoms with van der Waals surface area (Å²) in [7, 11) is 0. The molecule has 0 aliphatic heterocycles. The SMILES string of the molecule is Cc1cccc(NC(=S)Oc2cccc(C(=O)Nc3ccc4ccccc4c3)c2)c1C. The Morgan fingerprint density at radius 1 is 0.806 bits per heavy atom. The van der Waals surface area contributed by atoms with E-state index in [9.17, 15) is 4.79 Å². The molecule has 0 saturated heterocycles. The minimum absolute atomic E-state index is 0.214. The molecule has 0 aliphatic rings. The quantitative estimate of drug-likeness (QED) is 0.367. The first-order chi connectivity index (χ1) is 15.0. The first kappa shape index (κ1) is 20.6. The van der Waals surface area contributed by atoms with Gasteiger partial charge in [0.1, 0.15) is 5.75 Å². The van der Waals surface area contributed by atoms with E-state index in [0.29, 0.717) is 11.3 Å². The van der Waals surface area contributed by atoms with Crippen LogP contribution in [0.15, 0.2) is 84.9 Å². The molecule has 4 nitrogen and oxygen atoms in total. The number of hydrogen-bond donors (Lipinski definition) is 2. The molecule has 1 amide bonds. The number of thiocarbonyl (C=S) groups is 1. The van der Waals surface area contributed by atoms with Gasteiger partial charge in [0.2, 0.25) is 0 Å². The van der Waals surface area contributed by atoms with Gasteiger partial charge in [-0.3, -0.25) is 4.79 Å². The standard InChI is InChI=1S/C26H22N2O2S/c1-17-7-5-12-24(18(17)2)28-26(31)30-23-11-6-10-21(16-23)25(29)27-22-14-13-19-8-3-4-9-20(19)15-22/h3-16H,1-2H3,(H,27,29)(H,28,31). The summed E-state index contributed by atoms with van der Waals surface area (Å²) in [5.74, 6) is 0.281. The molecule has 0 atom stereocenters. The van der Waals surface area contributed by atoms with Gasteiger partial charge in [0.15, 0.2) is 0 Å². The highest BCUT2D eigenvalue weighted by molar-refractivity contribution is 7.80. The first-order valence-corrected chi connectivity index (χ1v) is 10.4. The molecule has 0 fully saturated rings. The number of nitrogens with one attached hydrogen (secondary N) is 2. The van der Waals surface area contributed by atoms with Crippen LogP contribution in [0.4, 0.5) is 11.4 Å². The van der Waals surface area contributed by atoms with Crippen molar-refractivity contribution in [2.75, 3.05) is 10.6 Å². The Kier molecular flexibility index (Phi) is 5.96. The molecule has 0 aromatic heterocycles. The van der Waals surface area contributed by atoms with E-state index in [-0.39, 0.29) is 11.1 Å². The molecule has 31 heavy (non-hydrogen) atoms. The highest BCUT2D eigenvalue weighted by Crippen LogP contribution is 2.22. The Bertz CT molecular complexity index is 1280. The first-order valence-electron chi connectivity index (χ1n) is 9.95. The lowest BCUT2D eigenvalue weighted by atomic mass is 10.1. The zero-order valence-electron chi connectivity index (χ0n) is 17.3. The third-order valence-corrected chi connectivity index (χ3v) is 5.34. The van der Waals surface area contributed by atoms with E-state index < -0.39 is 0 Å². The molecular weight excluding hydrogens is 404 g/mol. The maximum atomic E-state index is 12.7. The molecule has 0 saturated carbocycles. The summed E-state index contributed by atoms with van der Waals surface area (Å²) in [5.41, 5.74) is 4.40. The predicted octanol–water partition coefficient (Wildman–Crippen LogP) is 6.48. The molecule has 4 aromatic rings. The van der Waals surface area contributed by atoms with Crippen LogP contribution >= 0.6 is 12.2 Å². The van der Waals surface area contributed by atoms with Crippen molar-refractivity contribution in [1.82, 2.24) is 0 Å². The molecule has 2 N–H and O–H groups in total. The van der Waals surface area contributed by atoms with Crippen LogP contribution in [0.5, 0.6) is 5.75 Å². The summed E-state index contributed by atoms with van der Waals surface area (Å²) in [5, 5.41) is 8.47. The number of carbonyl (C=O) groups is 1. The van der Waals surface area contributed by atoms with E-state index in [0.717, 1.165) is 27.7 Å². The van der Waals surface area contributed by atoms with Gasteiger partial charge in [0.25, 0.3) is 11.1 Å². The number of rotatable bonds is 4. The van der Waals surface area contributed by atoms with Crippen LogP contribution in [0.2, 0.25) is 0 Å². The highest BCUT2D eigenvalue weighted by atomic mass is 32.1. The monoisotopic (exact) mass is 426 g/mol. The van der Waals surface area contributed by atoms with Crippen molar-refractivity contribution in [3.8, 4) is 5.75 Å². The van der Waals surface area contributed by atoms with E-state index in [2.05, 4.69) is 10.6 Å². The predicted molar refractivity (Wildman–Crippen MR) is 131 cm³/mol. The van der Waals surface area contributed by atoms with Crippen LogP contribution in [0, 0.1) is 13.8 Å². The van der Waals surface area contributed by atoms with Crippen molar-refractivity contribution >= 4 is 45.4 Å². The topological polar surface area (TPSA) is 50.4 Å². The third kappa shape index (κ3) is 4.90. The number of ether oxygens (including phenoxy) is 1. The van der Waals surface area contributed by atoms with E-state index in [1.807, 2.05) is 74.5 Å². The normalized spacial score (nSPS) is 10.5. The number of amides is 1. The second-order valence-corrected chi connectivity index (χ2v) is 7.68. The number of anilines is 2. The van der Waals surface area contributed by atoms with E-state index >= 15 is 0 Å². The molecule has 0 aliphatic carbocycles. The van der Waals surface area contributed by atoms with Crippen molar-refractivity contribution in [3.63, 3.8) is 0 Å². The second-order valence-electron chi connectivity index (χ2n) is 7.31. The Labute approximate surface area is 186 Å². The van der Waals surface area contributed by atoms with Gasteiger partial charge in [0.05, 0.1) is 0 Å². The lowest BCUT2D eigenvalue weighted by molar-refractivity contribution is 0.102. The fourth-order valence-electron chi connectivity index (χ4n) is 3.30. The van der Waals surface area contributed by atoms with Crippen LogP contribution in [0.3, 0.4) is 0 Å². The van der Waals surface area contributed by atoms with Gasteiger partial charge in [-0.1, -0.05) is 48.5 Å². The Hall–Kier alpha value is -3.70. The molecule has 5 heteroatoms. The summed E-state index contributed by atoms with van der Waals surface area (Å²) in [6.45, 7) is 4.07. The minimum Gasteiger partial charge on any atom is -0.432 e. The number of carbonyl (C=O) groups excluding carboxylic acids is 1. The molecule has 4 rings (SSSR count). The van der Waals surface area contributed by atoms with Gasteiger partial charge >= 0.3 is 0 Å². The zero-order chi connectivity index (χ0) is 21.8. The Morgan fingerprint density at radius 2 is 1.58 bits per heavy atom. The average Bonchev–Trinajstić information content (AvgIpc) is 2.77. The summed E-state index contributed by atoms with van der Waals surface area (Å²) < 4.78 is 5.75. The Balaban J connectivity index is 1.45. The zero-order valence-corrected chi connectivity index (χ0v) is 18.1.